The number of aromatic nitrogens is 2. The first-order chi connectivity index (χ1) is 8.99. The largest absolute Gasteiger partial charge is 0.481 e. The number of rotatable bonds is 4. The van der Waals surface area contributed by atoms with E-state index >= 15 is 0 Å². The molecular weight excluding hydrogens is 250 g/mol. The highest BCUT2D eigenvalue weighted by atomic mass is 16.4. The lowest BCUT2D eigenvalue weighted by Crippen LogP contribution is -2.21. The van der Waals surface area contributed by atoms with Crippen molar-refractivity contribution >= 4 is 22.7 Å². The molecule has 7 heteroatoms. The highest BCUT2D eigenvalue weighted by Crippen LogP contribution is 2.24. The fraction of sp³-hybridized carbons (Fsp3) is 0.250. The van der Waals surface area contributed by atoms with Gasteiger partial charge in [0.2, 0.25) is 0 Å². The number of hydrogen-bond acceptors (Lipinski definition) is 6. The van der Waals surface area contributed by atoms with Gasteiger partial charge in [0, 0.05) is 5.39 Å². The topological polar surface area (TPSA) is 130 Å². The van der Waals surface area contributed by atoms with E-state index in [4.69, 9.17) is 10.8 Å². The Bertz CT molecular complexity index is 617. The van der Waals surface area contributed by atoms with Crippen LogP contribution in [0.3, 0.4) is 0 Å². The Morgan fingerprint density at radius 3 is 2.74 bits per heavy atom. The van der Waals surface area contributed by atoms with Gasteiger partial charge in [-0.1, -0.05) is 6.07 Å². The molecule has 0 aliphatic carbocycles. The van der Waals surface area contributed by atoms with Crippen molar-refractivity contribution in [1.29, 1.82) is 0 Å². The van der Waals surface area contributed by atoms with E-state index in [-0.39, 0.29) is 5.82 Å². The molecule has 19 heavy (non-hydrogen) atoms. The minimum absolute atomic E-state index is 0.256. The molecule has 7 nitrogen and oxygen atoms in total. The Morgan fingerprint density at radius 2 is 2.05 bits per heavy atom. The number of nitrogens with zero attached hydrogens (tertiary/aromatic N) is 2. The molecule has 0 saturated heterocycles. The highest BCUT2D eigenvalue weighted by molar-refractivity contribution is 5.88. The number of carbonyl (C=O) groups is 1. The van der Waals surface area contributed by atoms with E-state index in [1.165, 1.54) is 6.33 Å². The number of aliphatic hydroxyl groups excluding tert-OH is 2. The molecule has 0 amide bonds. The van der Waals surface area contributed by atoms with Gasteiger partial charge in [-0.3, -0.25) is 4.79 Å². The number of carboxylic acids is 1. The van der Waals surface area contributed by atoms with Gasteiger partial charge >= 0.3 is 5.97 Å². The van der Waals surface area contributed by atoms with E-state index in [1.54, 1.807) is 18.2 Å². The Balaban J connectivity index is 2.35. The summed E-state index contributed by atoms with van der Waals surface area (Å²) < 4.78 is 0. The van der Waals surface area contributed by atoms with Crippen LogP contribution in [0.25, 0.3) is 10.9 Å². The molecule has 0 saturated carbocycles. The number of carboxylic acid groups (broad SMARTS) is 1. The van der Waals surface area contributed by atoms with Crippen molar-refractivity contribution in [3.63, 3.8) is 0 Å². The van der Waals surface area contributed by atoms with Gasteiger partial charge < -0.3 is 21.1 Å². The number of aliphatic carboxylic acids is 1. The molecule has 2 unspecified atom stereocenters. The molecule has 1 aromatic heterocycles. The molecule has 0 bridgehead atoms. The molecule has 2 atom stereocenters. The van der Waals surface area contributed by atoms with Crippen LogP contribution in [0.2, 0.25) is 0 Å². The van der Waals surface area contributed by atoms with Crippen LogP contribution in [0.1, 0.15) is 18.1 Å². The van der Waals surface area contributed by atoms with Gasteiger partial charge in [0.1, 0.15) is 18.2 Å². The van der Waals surface area contributed by atoms with E-state index in [2.05, 4.69) is 9.97 Å². The number of anilines is 1. The van der Waals surface area contributed by atoms with Gasteiger partial charge in [-0.25, -0.2) is 9.97 Å². The van der Waals surface area contributed by atoms with Crippen molar-refractivity contribution in [3.8, 4) is 0 Å². The first-order valence-electron chi connectivity index (χ1n) is 5.57. The maximum absolute atomic E-state index is 10.5. The zero-order chi connectivity index (χ0) is 14.0. The molecule has 0 radical (unpaired) electrons. The zero-order valence-corrected chi connectivity index (χ0v) is 9.89. The van der Waals surface area contributed by atoms with Crippen molar-refractivity contribution < 1.29 is 20.1 Å². The van der Waals surface area contributed by atoms with Crippen LogP contribution in [-0.4, -0.2) is 37.4 Å². The molecule has 0 aliphatic heterocycles. The average Bonchev–Trinajstić information content (AvgIpc) is 2.37. The minimum Gasteiger partial charge on any atom is -0.481 e. The molecule has 0 aliphatic rings. The summed E-state index contributed by atoms with van der Waals surface area (Å²) in [4.78, 5) is 18.3. The second-order valence-electron chi connectivity index (χ2n) is 4.15. The predicted octanol–water partition coefficient (Wildman–Crippen LogP) is 0.0810. The van der Waals surface area contributed by atoms with E-state index < -0.39 is 24.6 Å². The van der Waals surface area contributed by atoms with Crippen LogP contribution in [-0.2, 0) is 4.79 Å². The fourth-order valence-electron chi connectivity index (χ4n) is 1.79. The number of hydrogen-bond donors (Lipinski definition) is 4. The predicted molar refractivity (Wildman–Crippen MR) is 67.2 cm³/mol. The van der Waals surface area contributed by atoms with Crippen molar-refractivity contribution in [3.05, 3.63) is 30.1 Å². The van der Waals surface area contributed by atoms with Crippen molar-refractivity contribution in [2.45, 2.75) is 18.6 Å². The smallest absolute Gasteiger partial charge is 0.306 e. The summed E-state index contributed by atoms with van der Waals surface area (Å²) in [7, 11) is 0. The maximum atomic E-state index is 10.5. The van der Waals surface area contributed by atoms with Gasteiger partial charge in [-0.05, 0) is 17.7 Å². The quantitative estimate of drug-likeness (QED) is 0.614. The molecule has 100 valence electrons. The number of nitrogen functional groups attached to an aromatic ring is 1. The molecule has 2 aromatic rings. The van der Waals surface area contributed by atoms with Crippen LogP contribution in [0.15, 0.2) is 24.5 Å². The summed E-state index contributed by atoms with van der Waals surface area (Å²) in [5.41, 5.74) is 6.66. The Hall–Kier alpha value is -2.25. The number of fused-ring (bicyclic) bond motifs is 1. The monoisotopic (exact) mass is 263 g/mol. The van der Waals surface area contributed by atoms with Gasteiger partial charge in [0.25, 0.3) is 0 Å². The first-order valence-corrected chi connectivity index (χ1v) is 5.57. The van der Waals surface area contributed by atoms with E-state index in [1.807, 2.05) is 0 Å². The third kappa shape index (κ3) is 2.78. The first kappa shape index (κ1) is 13.2. The van der Waals surface area contributed by atoms with Gasteiger partial charge in [0.05, 0.1) is 18.0 Å². The van der Waals surface area contributed by atoms with Crippen LogP contribution in [0.4, 0.5) is 5.82 Å². The van der Waals surface area contributed by atoms with Gasteiger partial charge in [-0.2, -0.15) is 0 Å². The van der Waals surface area contributed by atoms with E-state index in [0.717, 1.165) is 0 Å². The fourth-order valence-corrected chi connectivity index (χ4v) is 1.79. The summed E-state index contributed by atoms with van der Waals surface area (Å²) in [6, 6.07) is 4.73. The van der Waals surface area contributed by atoms with Crippen LogP contribution in [0, 0.1) is 0 Å². The number of aliphatic hydroxyl groups is 2. The Morgan fingerprint density at radius 1 is 1.32 bits per heavy atom. The molecule has 2 rings (SSSR count). The normalized spacial score (nSPS) is 14.2. The van der Waals surface area contributed by atoms with Gasteiger partial charge in [0.15, 0.2) is 0 Å². The lowest BCUT2D eigenvalue weighted by Gasteiger charge is -2.17. The SMILES string of the molecule is Nc1ncnc2ccc(C(O)C(O)CC(=O)O)cc12. The average molecular weight is 263 g/mol. The summed E-state index contributed by atoms with van der Waals surface area (Å²) in [5.74, 6) is -0.929. The molecule has 1 aromatic carbocycles. The standard InChI is InChI=1S/C12H13N3O4/c13-12-7-3-6(1-2-8(7)14-5-15-12)11(19)9(16)4-10(17)18/h1-3,5,9,11,16,19H,4H2,(H,17,18)(H2,13,14,15). The molecule has 0 spiro atoms. The second kappa shape index (κ2) is 5.17. The lowest BCUT2D eigenvalue weighted by molar-refractivity contribution is -0.141. The number of nitrogens with two attached hydrogens (primary N) is 1. The summed E-state index contributed by atoms with van der Waals surface area (Å²) in [6.07, 6.45) is -1.91. The Labute approximate surface area is 108 Å². The van der Waals surface area contributed by atoms with Gasteiger partial charge in [-0.15, -0.1) is 0 Å². The third-order valence-corrected chi connectivity index (χ3v) is 2.78. The summed E-state index contributed by atoms with van der Waals surface area (Å²) in [6.45, 7) is 0. The zero-order valence-electron chi connectivity index (χ0n) is 9.89. The van der Waals surface area contributed by atoms with Crippen molar-refractivity contribution in [2.75, 3.05) is 5.73 Å². The summed E-state index contributed by atoms with van der Waals surface area (Å²) in [5, 5.41) is 28.6. The van der Waals surface area contributed by atoms with Crippen molar-refractivity contribution in [2.24, 2.45) is 0 Å². The van der Waals surface area contributed by atoms with Crippen LogP contribution in [0.5, 0.6) is 0 Å². The lowest BCUT2D eigenvalue weighted by atomic mass is 10.0. The summed E-state index contributed by atoms with van der Waals surface area (Å²) >= 11 is 0. The maximum Gasteiger partial charge on any atom is 0.306 e. The molecule has 1 heterocycles. The van der Waals surface area contributed by atoms with Crippen LogP contribution < -0.4 is 5.73 Å². The molecule has 5 N–H and O–H groups in total. The highest BCUT2D eigenvalue weighted by Gasteiger charge is 2.21. The molecule has 0 fully saturated rings. The van der Waals surface area contributed by atoms with E-state index in [9.17, 15) is 15.0 Å². The molecular formula is C12H13N3O4. The van der Waals surface area contributed by atoms with E-state index in [0.29, 0.717) is 16.5 Å². The van der Waals surface area contributed by atoms with Crippen LogP contribution >= 0.6 is 0 Å². The number of benzene rings is 1. The third-order valence-electron chi connectivity index (χ3n) is 2.78. The Kier molecular flexibility index (Phi) is 3.59. The second-order valence-corrected chi connectivity index (χ2v) is 4.15. The minimum atomic E-state index is -1.39. The van der Waals surface area contributed by atoms with Crippen molar-refractivity contribution in [1.82, 2.24) is 9.97 Å².